The van der Waals surface area contributed by atoms with Gasteiger partial charge in [-0.05, 0) is 65.6 Å². The second-order valence-electron chi connectivity index (χ2n) is 8.60. The lowest BCUT2D eigenvalue weighted by atomic mass is 9.80. The Labute approximate surface area is 245 Å². The van der Waals surface area contributed by atoms with Crippen LogP contribution < -0.4 is 9.47 Å². The van der Waals surface area contributed by atoms with Crippen molar-refractivity contribution in [2.75, 3.05) is 39.6 Å². The first kappa shape index (κ1) is 32.0. The molecule has 0 aliphatic rings. The van der Waals surface area contributed by atoms with Crippen molar-refractivity contribution in [3.05, 3.63) is 95.6 Å². The van der Waals surface area contributed by atoms with Crippen molar-refractivity contribution in [1.29, 1.82) is 0 Å². The SMILES string of the molecule is COc1ccc(C(OCSSCCCCCCOP(O)(=S)OC)(c2ccccc2)c2ccc(OC)cc2)cc1. The highest BCUT2D eigenvalue weighted by molar-refractivity contribution is 8.76. The fourth-order valence-electron chi connectivity index (χ4n) is 4.13. The van der Waals surface area contributed by atoms with Gasteiger partial charge in [0.2, 0.25) is 0 Å². The Morgan fingerprint density at radius 1 is 0.718 bits per heavy atom. The van der Waals surface area contributed by atoms with Gasteiger partial charge in [0.05, 0.1) is 20.8 Å². The molecular formula is C29H37O6PS3. The van der Waals surface area contributed by atoms with Gasteiger partial charge >= 0.3 is 6.72 Å². The van der Waals surface area contributed by atoms with Gasteiger partial charge in [-0.25, -0.2) is 0 Å². The first-order valence-electron chi connectivity index (χ1n) is 12.7. The maximum atomic E-state index is 9.62. The van der Waals surface area contributed by atoms with Crippen LogP contribution in [0.2, 0.25) is 0 Å². The molecule has 0 spiro atoms. The van der Waals surface area contributed by atoms with Crippen molar-refractivity contribution in [2.45, 2.75) is 31.3 Å². The van der Waals surface area contributed by atoms with E-state index in [1.54, 1.807) is 25.0 Å². The van der Waals surface area contributed by atoms with Crippen molar-refractivity contribution in [3.8, 4) is 11.5 Å². The zero-order valence-electron chi connectivity index (χ0n) is 22.6. The first-order valence-corrected chi connectivity index (χ1v) is 17.8. The van der Waals surface area contributed by atoms with Gasteiger partial charge in [-0.15, -0.1) is 0 Å². The zero-order chi connectivity index (χ0) is 28.0. The molecule has 1 atom stereocenters. The average molecular weight is 609 g/mol. The summed E-state index contributed by atoms with van der Waals surface area (Å²) in [7, 11) is 8.24. The van der Waals surface area contributed by atoms with Gasteiger partial charge in [-0.1, -0.05) is 89.0 Å². The third kappa shape index (κ3) is 9.51. The van der Waals surface area contributed by atoms with Crippen molar-refractivity contribution >= 4 is 40.1 Å². The number of ether oxygens (including phenoxy) is 3. The third-order valence-electron chi connectivity index (χ3n) is 6.19. The maximum absolute atomic E-state index is 9.62. The Balaban J connectivity index is 1.65. The standard InChI is InChI=1S/C29H37O6PS3/c1-31-27-17-13-25(14-18-27)29(24-11-7-6-8-12-24,26-15-19-28(32-2)20-16-26)34-23-39-38-22-10-5-4-9-21-35-36(30,37)33-3/h6-8,11-20H,4-5,9-10,21-23H2,1-3H3,(H,30,37). The number of hydrogen-bond acceptors (Lipinski definition) is 8. The van der Waals surface area contributed by atoms with E-state index in [4.69, 9.17) is 35.1 Å². The topological polar surface area (TPSA) is 66.4 Å². The van der Waals surface area contributed by atoms with E-state index < -0.39 is 12.3 Å². The minimum atomic E-state index is -3.04. The van der Waals surface area contributed by atoms with Crippen LogP contribution in [0.3, 0.4) is 0 Å². The average Bonchev–Trinajstić information content (AvgIpc) is 2.98. The second kappa shape index (κ2) is 16.7. The minimum Gasteiger partial charge on any atom is -0.497 e. The molecule has 212 valence electrons. The predicted octanol–water partition coefficient (Wildman–Crippen LogP) is 7.79. The molecule has 0 aromatic heterocycles. The Hall–Kier alpha value is -1.55. The second-order valence-corrected chi connectivity index (χ2v) is 14.1. The molecule has 0 aliphatic heterocycles. The summed E-state index contributed by atoms with van der Waals surface area (Å²) in [5.41, 5.74) is 2.30. The fraction of sp³-hybridized carbons (Fsp3) is 0.379. The molecular weight excluding hydrogens is 571 g/mol. The highest BCUT2D eigenvalue weighted by atomic mass is 33.1. The largest absolute Gasteiger partial charge is 0.497 e. The Morgan fingerprint density at radius 3 is 1.79 bits per heavy atom. The summed E-state index contributed by atoms with van der Waals surface area (Å²) in [4.78, 5) is 9.62. The number of unbranched alkanes of at least 4 members (excludes halogenated alkanes) is 3. The number of rotatable bonds is 18. The predicted molar refractivity (Wildman–Crippen MR) is 166 cm³/mol. The number of methoxy groups -OCH3 is 2. The summed E-state index contributed by atoms with van der Waals surface area (Å²) in [5, 5.41) is 0. The minimum absolute atomic E-state index is 0.426. The van der Waals surface area contributed by atoms with Gasteiger partial charge < -0.3 is 28.2 Å². The fourth-order valence-corrected chi connectivity index (χ4v) is 6.61. The van der Waals surface area contributed by atoms with E-state index in [0.29, 0.717) is 12.5 Å². The summed E-state index contributed by atoms with van der Waals surface area (Å²) in [6.45, 7) is -2.61. The van der Waals surface area contributed by atoms with Crippen LogP contribution in [0.1, 0.15) is 42.4 Å². The lowest BCUT2D eigenvalue weighted by Crippen LogP contribution is -2.32. The van der Waals surface area contributed by atoms with Gasteiger partial charge in [-0.2, -0.15) is 0 Å². The van der Waals surface area contributed by atoms with E-state index in [9.17, 15) is 4.89 Å². The summed E-state index contributed by atoms with van der Waals surface area (Å²) < 4.78 is 27.7. The van der Waals surface area contributed by atoms with Crippen LogP contribution >= 0.6 is 28.3 Å². The first-order chi connectivity index (χ1) is 18.9. The molecule has 6 nitrogen and oxygen atoms in total. The summed E-state index contributed by atoms with van der Waals surface area (Å²) in [6.07, 6.45) is 4.06. The van der Waals surface area contributed by atoms with Crippen LogP contribution in [-0.4, -0.2) is 44.5 Å². The molecule has 0 saturated heterocycles. The van der Waals surface area contributed by atoms with E-state index >= 15 is 0 Å². The summed E-state index contributed by atoms with van der Waals surface area (Å²) in [6, 6.07) is 26.5. The van der Waals surface area contributed by atoms with E-state index in [2.05, 4.69) is 36.4 Å². The molecule has 0 radical (unpaired) electrons. The molecule has 0 fully saturated rings. The molecule has 3 aromatic carbocycles. The molecule has 3 rings (SSSR count). The van der Waals surface area contributed by atoms with Crippen LogP contribution in [0.25, 0.3) is 0 Å². The van der Waals surface area contributed by atoms with Crippen molar-refractivity contribution in [3.63, 3.8) is 0 Å². The highest BCUT2D eigenvalue weighted by Gasteiger charge is 2.37. The molecule has 0 amide bonds. The highest BCUT2D eigenvalue weighted by Crippen LogP contribution is 2.43. The van der Waals surface area contributed by atoms with Crippen LogP contribution in [0.4, 0.5) is 0 Å². The lowest BCUT2D eigenvalue weighted by molar-refractivity contribution is 0.0472. The number of benzene rings is 3. The third-order valence-corrected chi connectivity index (χ3v) is 10.0. The Bertz CT molecular complexity index is 1100. The van der Waals surface area contributed by atoms with Gasteiger partial charge in [0.15, 0.2) is 0 Å². The van der Waals surface area contributed by atoms with Crippen molar-refractivity contribution in [2.24, 2.45) is 0 Å². The van der Waals surface area contributed by atoms with E-state index in [0.717, 1.165) is 59.6 Å². The van der Waals surface area contributed by atoms with Crippen LogP contribution in [0, 0.1) is 0 Å². The molecule has 1 unspecified atom stereocenters. The molecule has 10 heteroatoms. The molecule has 0 bridgehead atoms. The van der Waals surface area contributed by atoms with Gasteiger partial charge in [0, 0.05) is 12.9 Å². The normalized spacial score (nSPS) is 13.1. The summed E-state index contributed by atoms with van der Waals surface area (Å²) >= 11 is 4.84. The van der Waals surface area contributed by atoms with Crippen LogP contribution in [0.5, 0.6) is 11.5 Å². The molecule has 0 heterocycles. The summed E-state index contributed by atoms with van der Waals surface area (Å²) in [5.74, 6) is 3.12. The van der Waals surface area contributed by atoms with Crippen LogP contribution in [0.15, 0.2) is 78.9 Å². The molecule has 0 aliphatic carbocycles. The van der Waals surface area contributed by atoms with Gasteiger partial charge in [0.1, 0.15) is 23.0 Å². The molecule has 1 N–H and O–H groups in total. The van der Waals surface area contributed by atoms with Gasteiger partial charge in [-0.3, -0.25) is 0 Å². The monoisotopic (exact) mass is 608 g/mol. The smallest absolute Gasteiger partial charge is 0.324 e. The maximum Gasteiger partial charge on any atom is 0.324 e. The molecule has 0 saturated carbocycles. The Kier molecular flexibility index (Phi) is 13.6. The Morgan fingerprint density at radius 2 is 1.26 bits per heavy atom. The van der Waals surface area contributed by atoms with E-state index in [-0.39, 0.29) is 0 Å². The van der Waals surface area contributed by atoms with Gasteiger partial charge in [0.25, 0.3) is 0 Å². The van der Waals surface area contributed by atoms with E-state index in [1.165, 1.54) is 7.11 Å². The van der Waals surface area contributed by atoms with Crippen molar-refractivity contribution in [1.82, 2.24) is 0 Å². The number of hydrogen-bond donors (Lipinski definition) is 1. The van der Waals surface area contributed by atoms with E-state index in [1.807, 2.05) is 53.3 Å². The van der Waals surface area contributed by atoms with Crippen molar-refractivity contribution < 1.29 is 28.2 Å². The zero-order valence-corrected chi connectivity index (χ0v) is 26.0. The molecule has 39 heavy (non-hydrogen) atoms. The molecule has 3 aromatic rings. The lowest BCUT2D eigenvalue weighted by Gasteiger charge is -2.36. The quantitative estimate of drug-likeness (QED) is 0.0512. The van der Waals surface area contributed by atoms with Crippen LogP contribution in [-0.2, 0) is 31.2 Å².